The van der Waals surface area contributed by atoms with Crippen molar-refractivity contribution < 1.29 is 18.1 Å². The second-order valence-electron chi connectivity index (χ2n) is 6.21. The number of rotatable bonds is 6. The molecule has 1 fully saturated rings. The van der Waals surface area contributed by atoms with Crippen molar-refractivity contribution in [3.05, 3.63) is 49.9 Å². The lowest BCUT2D eigenvalue weighted by Crippen LogP contribution is -2.39. The van der Waals surface area contributed by atoms with Crippen molar-refractivity contribution in [3.8, 4) is 0 Å². The van der Waals surface area contributed by atoms with Gasteiger partial charge in [-0.1, -0.05) is 6.08 Å². The Bertz CT molecular complexity index is 890. The summed E-state index contributed by atoms with van der Waals surface area (Å²) in [4.78, 5) is 14.5. The first-order valence-corrected chi connectivity index (χ1v) is 10.1. The highest BCUT2D eigenvalue weighted by molar-refractivity contribution is 7.14. The molecule has 0 radical (unpaired) electrons. The fourth-order valence-electron chi connectivity index (χ4n) is 3.18. The molecule has 134 valence electrons. The molecule has 2 aromatic heterocycles. The fraction of sp³-hybridized carbons (Fsp3) is 0.450. The number of carboxylic acids is 1. The average Bonchev–Trinajstić information content (AvgIpc) is 3.34. The quantitative estimate of drug-likeness (QED) is 0.761. The van der Waals surface area contributed by atoms with Crippen LogP contribution in [0, 0.1) is 19.6 Å². The predicted molar refractivity (Wildman–Crippen MR) is 107 cm³/mol. The van der Waals surface area contributed by atoms with E-state index in [0.29, 0.717) is 41.3 Å². The number of aliphatic carboxylic acids is 1. The van der Waals surface area contributed by atoms with E-state index >= 15 is 0 Å². The van der Waals surface area contributed by atoms with Crippen molar-refractivity contribution in [2.24, 2.45) is 5.92 Å². The van der Waals surface area contributed by atoms with Gasteiger partial charge in [0, 0.05) is 36.6 Å². The molecule has 3 rings (SSSR count). The Balaban J connectivity index is 1.92. The Hall–Kier alpha value is -1.43. The standard InChI is InChI=1S/C20H25NO2S2/c1-14-7-11-24-18(14)17(19-15(2)8-12-25-19)6-4-10-21-9-3-5-16(13-21)20(22)23/h6-8,11-12,16H,3-5,9-10,13H2,1-2H3,(H,22,23)/t16-/m0/s1/i1D3,2D3. The van der Waals surface area contributed by atoms with Crippen LogP contribution in [0.2, 0.25) is 0 Å². The van der Waals surface area contributed by atoms with Crippen molar-refractivity contribution in [2.75, 3.05) is 19.6 Å². The van der Waals surface area contributed by atoms with Crippen LogP contribution < -0.4 is 0 Å². The van der Waals surface area contributed by atoms with E-state index in [4.69, 9.17) is 8.22 Å². The third-order valence-corrected chi connectivity index (χ3v) is 6.36. The van der Waals surface area contributed by atoms with Crippen LogP contribution in [0.3, 0.4) is 0 Å². The Labute approximate surface area is 166 Å². The highest BCUT2D eigenvalue weighted by Gasteiger charge is 2.24. The zero-order valence-electron chi connectivity index (χ0n) is 19.8. The molecule has 0 aliphatic carbocycles. The van der Waals surface area contributed by atoms with Crippen LogP contribution in [-0.4, -0.2) is 35.6 Å². The van der Waals surface area contributed by atoms with Gasteiger partial charge >= 0.3 is 5.97 Å². The minimum Gasteiger partial charge on any atom is -0.481 e. The molecule has 0 spiro atoms. The highest BCUT2D eigenvalue weighted by atomic mass is 32.1. The number of hydrogen-bond acceptors (Lipinski definition) is 4. The van der Waals surface area contributed by atoms with Crippen LogP contribution in [0.4, 0.5) is 0 Å². The maximum Gasteiger partial charge on any atom is 0.307 e. The van der Waals surface area contributed by atoms with Gasteiger partial charge in [0.05, 0.1) is 5.92 Å². The first kappa shape index (κ1) is 12.0. The lowest BCUT2D eigenvalue weighted by atomic mass is 9.98. The Kier molecular flexibility index (Phi) is 4.00. The summed E-state index contributed by atoms with van der Waals surface area (Å²) in [5, 5.41) is 12.7. The molecule has 0 saturated carbocycles. The van der Waals surface area contributed by atoms with Crippen LogP contribution >= 0.6 is 22.7 Å². The van der Waals surface area contributed by atoms with Crippen molar-refractivity contribution in [2.45, 2.75) is 33.0 Å². The molecular formula is C20H25NO2S2. The molecule has 3 nitrogen and oxygen atoms in total. The van der Waals surface area contributed by atoms with Crippen LogP contribution in [0.15, 0.2) is 29.0 Å². The third kappa shape index (κ3) is 4.40. The topological polar surface area (TPSA) is 40.5 Å². The van der Waals surface area contributed by atoms with E-state index in [2.05, 4.69) is 4.90 Å². The van der Waals surface area contributed by atoms with Gasteiger partial charge in [0.2, 0.25) is 0 Å². The molecule has 0 bridgehead atoms. The minimum atomic E-state index is -2.30. The number of hydrogen-bond donors (Lipinski definition) is 1. The molecule has 2 aromatic rings. The van der Waals surface area contributed by atoms with E-state index in [1.165, 1.54) is 22.7 Å². The van der Waals surface area contributed by atoms with E-state index in [1.807, 2.05) is 6.08 Å². The minimum absolute atomic E-state index is 0.220. The van der Waals surface area contributed by atoms with Gasteiger partial charge in [-0.2, -0.15) is 0 Å². The predicted octanol–water partition coefficient (Wildman–Crippen LogP) is 5.04. The molecule has 5 heteroatoms. The second-order valence-corrected chi connectivity index (χ2v) is 8.04. The van der Waals surface area contributed by atoms with Crippen LogP contribution in [0.5, 0.6) is 0 Å². The first-order valence-electron chi connectivity index (χ1n) is 11.3. The van der Waals surface area contributed by atoms with Gasteiger partial charge in [-0.25, -0.2) is 0 Å². The molecular weight excluding hydrogens is 350 g/mol. The molecule has 0 amide bonds. The Morgan fingerprint density at radius 2 is 2.00 bits per heavy atom. The van der Waals surface area contributed by atoms with E-state index in [1.54, 1.807) is 22.9 Å². The largest absolute Gasteiger partial charge is 0.481 e. The molecule has 1 saturated heterocycles. The van der Waals surface area contributed by atoms with Crippen molar-refractivity contribution in [1.82, 2.24) is 4.90 Å². The van der Waals surface area contributed by atoms with E-state index in [9.17, 15) is 9.90 Å². The van der Waals surface area contributed by atoms with Gasteiger partial charge in [-0.3, -0.25) is 4.79 Å². The number of aryl methyl sites for hydroxylation is 2. The van der Waals surface area contributed by atoms with Crippen LogP contribution in [0.25, 0.3) is 5.57 Å². The molecule has 1 atom stereocenters. The zero-order chi connectivity index (χ0) is 22.8. The number of carbonyl (C=O) groups is 1. The van der Waals surface area contributed by atoms with Crippen molar-refractivity contribution in [3.63, 3.8) is 0 Å². The van der Waals surface area contributed by atoms with Crippen molar-refractivity contribution >= 4 is 34.2 Å². The maximum atomic E-state index is 11.3. The lowest BCUT2D eigenvalue weighted by Gasteiger charge is -2.30. The van der Waals surface area contributed by atoms with Crippen LogP contribution in [-0.2, 0) is 4.79 Å². The molecule has 3 heterocycles. The summed E-state index contributed by atoms with van der Waals surface area (Å²) in [5.74, 6) is -1.14. The summed E-state index contributed by atoms with van der Waals surface area (Å²) in [6.07, 6.45) is 3.99. The molecule has 1 aliphatic rings. The molecule has 1 aliphatic heterocycles. The van der Waals surface area contributed by atoms with Crippen LogP contribution in [0.1, 0.15) is 48.4 Å². The monoisotopic (exact) mass is 381 g/mol. The number of likely N-dealkylation sites (tertiary alicyclic amines) is 1. The SMILES string of the molecule is [2H]C([2H])([2H])c1ccsc1C(=CCCN1CCC[C@H](C(=O)O)C1)c1sccc1C([2H])([2H])[2H]. The normalized spacial score (nSPS) is 22.8. The third-order valence-electron chi connectivity index (χ3n) is 4.47. The summed E-state index contributed by atoms with van der Waals surface area (Å²) >= 11 is 2.59. The van der Waals surface area contributed by atoms with Crippen molar-refractivity contribution in [1.29, 1.82) is 0 Å². The number of nitrogens with zero attached hydrogens (tertiary/aromatic N) is 1. The highest BCUT2D eigenvalue weighted by Crippen LogP contribution is 2.35. The maximum absolute atomic E-state index is 11.3. The summed E-state index contributed by atoms with van der Waals surface area (Å²) in [7, 11) is 0. The number of piperidine rings is 1. The molecule has 1 N–H and O–H groups in total. The Morgan fingerprint density at radius 3 is 2.60 bits per heavy atom. The fourth-order valence-corrected chi connectivity index (χ4v) is 4.94. The molecule has 0 unspecified atom stereocenters. The summed E-state index contributed by atoms with van der Waals surface area (Å²) < 4.78 is 47.2. The van der Waals surface area contributed by atoms with Gasteiger partial charge in [-0.15, -0.1) is 22.7 Å². The summed E-state index contributed by atoms with van der Waals surface area (Å²) in [6.45, 7) is -2.64. The van der Waals surface area contributed by atoms with Gasteiger partial charge < -0.3 is 10.0 Å². The van der Waals surface area contributed by atoms with Gasteiger partial charge in [0.1, 0.15) is 0 Å². The lowest BCUT2D eigenvalue weighted by molar-refractivity contribution is -0.143. The van der Waals surface area contributed by atoms with Gasteiger partial charge in [0.25, 0.3) is 0 Å². The Morgan fingerprint density at radius 1 is 1.32 bits per heavy atom. The molecule has 25 heavy (non-hydrogen) atoms. The van der Waals surface area contributed by atoms with E-state index < -0.39 is 19.7 Å². The number of thiophene rings is 2. The molecule has 0 aromatic carbocycles. The van der Waals surface area contributed by atoms with Gasteiger partial charge in [-0.05, 0) is 73.5 Å². The van der Waals surface area contributed by atoms with E-state index in [0.717, 1.165) is 13.0 Å². The van der Waals surface area contributed by atoms with Gasteiger partial charge in [0.15, 0.2) is 0 Å². The summed E-state index contributed by atoms with van der Waals surface area (Å²) in [6, 6.07) is 3.15. The first-order chi connectivity index (χ1) is 14.5. The van der Waals surface area contributed by atoms with E-state index in [-0.39, 0.29) is 17.0 Å². The summed E-state index contributed by atoms with van der Waals surface area (Å²) in [5.41, 5.74) is 1.07. The second kappa shape index (κ2) is 8.30. The zero-order valence-corrected chi connectivity index (χ0v) is 15.5. The average molecular weight is 382 g/mol. The number of carboxylic acid groups (broad SMARTS) is 1. The smallest absolute Gasteiger partial charge is 0.307 e.